The van der Waals surface area contributed by atoms with E-state index in [1.54, 1.807) is 13.8 Å². The third kappa shape index (κ3) is 5.13. The Morgan fingerprint density at radius 1 is 1.15 bits per heavy atom. The standard InChI is InChI=1S/C16H28O11/c1-7(2)3-9(18)27-14-12(21)11(20)10(19)8(26-14)4-24-15-13(22)16(23,5-17)6-25-15/h7-8,10-15,17,19-23H,3-6H2,1-2H3/t8-,10-,11+,12-,13-,14+,15-,16-/m1/s1. The first kappa shape index (κ1) is 22.4. The van der Waals surface area contributed by atoms with Crippen molar-refractivity contribution >= 4 is 5.97 Å². The van der Waals surface area contributed by atoms with E-state index in [1.807, 2.05) is 0 Å². The van der Waals surface area contributed by atoms with Crippen LogP contribution in [0.4, 0.5) is 0 Å². The normalized spacial score (nSPS) is 42.5. The number of hydrogen-bond donors (Lipinski definition) is 6. The summed E-state index contributed by atoms with van der Waals surface area (Å²) < 4.78 is 20.7. The molecule has 2 fully saturated rings. The van der Waals surface area contributed by atoms with Gasteiger partial charge in [0.2, 0.25) is 6.29 Å². The molecule has 0 unspecified atom stereocenters. The summed E-state index contributed by atoms with van der Waals surface area (Å²) in [5.74, 6) is -0.626. The highest BCUT2D eigenvalue weighted by Crippen LogP contribution is 2.27. The zero-order chi connectivity index (χ0) is 20.4. The van der Waals surface area contributed by atoms with Crippen LogP contribution in [-0.4, -0.2) is 105 Å². The van der Waals surface area contributed by atoms with E-state index >= 15 is 0 Å². The van der Waals surface area contributed by atoms with Gasteiger partial charge in [0.15, 0.2) is 6.29 Å². The van der Waals surface area contributed by atoms with Gasteiger partial charge in [0, 0.05) is 6.42 Å². The van der Waals surface area contributed by atoms with E-state index < -0.39 is 67.9 Å². The largest absolute Gasteiger partial charge is 0.433 e. The first-order valence-corrected chi connectivity index (χ1v) is 8.72. The Hall–Kier alpha value is -0.890. The number of hydrogen-bond acceptors (Lipinski definition) is 11. The van der Waals surface area contributed by atoms with Gasteiger partial charge in [-0.1, -0.05) is 13.8 Å². The van der Waals surface area contributed by atoms with Crippen LogP contribution in [0.3, 0.4) is 0 Å². The number of carbonyl (C=O) groups excluding carboxylic acids is 1. The minimum Gasteiger partial charge on any atom is -0.433 e. The molecule has 6 N–H and O–H groups in total. The fourth-order valence-electron chi connectivity index (χ4n) is 2.79. The molecular formula is C16H28O11. The summed E-state index contributed by atoms with van der Waals surface area (Å²) in [5.41, 5.74) is -1.87. The highest BCUT2D eigenvalue weighted by atomic mass is 16.7. The van der Waals surface area contributed by atoms with Gasteiger partial charge in [-0.25, -0.2) is 0 Å². The van der Waals surface area contributed by atoms with Crippen LogP contribution in [0.25, 0.3) is 0 Å². The second-order valence-electron chi connectivity index (χ2n) is 7.32. The van der Waals surface area contributed by atoms with Crippen LogP contribution in [0.2, 0.25) is 0 Å². The molecule has 0 amide bonds. The van der Waals surface area contributed by atoms with Crippen molar-refractivity contribution in [3.8, 4) is 0 Å². The molecule has 2 aliphatic rings. The SMILES string of the molecule is CC(C)CC(=O)O[C@@H]1O[C@H](CO[C@@H]2OC[C@](O)(CO)[C@@H]2O)[C@@H](O)[C@H](O)[C@H]1O. The average molecular weight is 396 g/mol. The molecule has 0 radical (unpaired) electrons. The van der Waals surface area contributed by atoms with Crippen LogP contribution in [-0.2, 0) is 23.7 Å². The molecular weight excluding hydrogens is 368 g/mol. The monoisotopic (exact) mass is 396 g/mol. The molecule has 0 aromatic rings. The molecule has 158 valence electrons. The van der Waals surface area contributed by atoms with Gasteiger partial charge >= 0.3 is 5.97 Å². The first-order valence-electron chi connectivity index (χ1n) is 8.72. The fraction of sp³-hybridized carbons (Fsp3) is 0.938. The van der Waals surface area contributed by atoms with Gasteiger partial charge in [-0.05, 0) is 5.92 Å². The summed E-state index contributed by atoms with van der Waals surface area (Å²) in [5, 5.41) is 58.9. The van der Waals surface area contributed by atoms with Crippen molar-refractivity contribution in [3.63, 3.8) is 0 Å². The predicted octanol–water partition coefficient (Wildman–Crippen LogP) is -3.16. The van der Waals surface area contributed by atoms with Gasteiger partial charge < -0.3 is 49.6 Å². The molecule has 2 rings (SSSR count). The van der Waals surface area contributed by atoms with Crippen LogP contribution in [0.1, 0.15) is 20.3 Å². The molecule has 0 saturated carbocycles. The Kier molecular flexibility index (Phi) is 7.53. The molecule has 2 aliphatic heterocycles. The van der Waals surface area contributed by atoms with Gasteiger partial charge in [0.25, 0.3) is 0 Å². The molecule has 0 aromatic carbocycles. The zero-order valence-corrected chi connectivity index (χ0v) is 15.2. The van der Waals surface area contributed by atoms with Crippen LogP contribution in [0.15, 0.2) is 0 Å². The van der Waals surface area contributed by atoms with E-state index in [1.165, 1.54) is 0 Å². The lowest BCUT2D eigenvalue weighted by Crippen LogP contribution is -2.60. The minimum atomic E-state index is -1.87. The molecule has 0 aliphatic carbocycles. The Morgan fingerprint density at radius 2 is 1.81 bits per heavy atom. The van der Waals surface area contributed by atoms with Crippen LogP contribution < -0.4 is 0 Å². The van der Waals surface area contributed by atoms with Crippen molar-refractivity contribution in [1.29, 1.82) is 0 Å². The smallest absolute Gasteiger partial charge is 0.308 e. The summed E-state index contributed by atoms with van der Waals surface area (Å²) >= 11 is 0. The topological polar surface area (TPSA) is 175 Å². The van der Waals surface area contributed by atoms with Gasteiger partial charge in [-0.3, -0.25) is 4.79 Å². The highest BCUT2D eigenvalue weighted by molar-refractivity contribution is 5.69. The zero-order valence-electron chi connectivity index (χ0n) is 15.2. The van der Waals surface area contributed by atoms with Crippen molar-refractivity contribution in [2.75, 3.05) is 19.8 Å². The number of esters is 1. The Bertz CT molecular complexity index is 501. The van der Waals surface area contributed by atoms with Crippen molar-refractivity contribution in [1.82, 2.24) is 0 Å². The Balaban J connectivity index is 1.94. The third-order valence-corrected chi connectivity index (χ3v) is 4.50. The molecule has 11 heteroatoms. The van der Waals surface area contributed by atoms with Crippen LogP contribution in [0.5, 0.6) is 0 Å². The van der Waals surface area contributed by atoms with Crippen molar-refractivity contribution < 1.29 is 54.4 Å². The van der Waals surface area contributed by atoms with Crippen molar-refractivity contribution in [2.45, 2.75) is 69.0 Å². The summed E-state index contributed by atoms with van der Waals surface area (Å²) in [6.07, 6.45) is -10.4. The van der Waals surface area contributed by atoms with E-state index in [9.17, 15) is 30.3 Å². The van der Waals surface area contributed by atoms with Gasteiger partial charge in [0.05, 0.1) is 19.8 Å². The molecule has 0 bridgehead atoms. The number of carbonyl (C=O) groups is 1. The van der Waals surface area contributed by atoms with Crippen molar-refractivity contribution in [3.05, 3.63) is 0 Å². The lowest BCUT2D eigenvalue weighted by atomic mass is 9.99. The van der Waals surface area contributed by atoms with Crippen LogP contribution in [0, 0.1) is 5.92 Å². The van der Waals surface area contributed by atoms with Gasteiger partial charge in [-0.2, -0.15) is 0 Å². The minimum absolute atomic E-state index is 0.0131. The van der Waals surface area contributed by atoms with E-state index in [-0.39, 0.29) is 18.9 Å². The number of ether oxygens (including phenoxy) is 4. The molecule has 11 nitrogen and oxygen atoms in total. The van der Waals surface area contributed by atoms with E-state index in [2.05, 4.69) is 0 Å². The summed E-state index contributed by atoms with van der Waals surface area (Å²) in [7, 11) is 0. The molecule has 0 aromatic heterocycles. The fourth-order valence-corrected chi connectivity index (χ4v) is 2.79. The number of aliphatic hydroxyl groups is 6. The van der Waals surface area contributed by atoms with E-state index in [4.69, 9.17) is 24.1 Å². The number of rotatable bonds is 7. The maximum absolute atomic E-state index is 11.8. The van der Waals surface area contributed by atoms with Gasteiger partial charge in [0.1, 0.15) is 36.1 Å². The lowest BCUT2D eigenvalue weighted by molar-refractivity contribution is -0.301. The second kappa shape index (κ2) is 9.07. The highest BCUT2D eigenvalue weighted by Gasteiger charge is 2.50. The molecule has 2 heterocycles. The molecule has 2 saturated heterocycles. The Labute approximate surface area is 156 Å². The first-order chi connectivity index (χ1) is 12.6. The van der Waals surface area contributed by atoms with E-state index in [0.717, 1.165) is 0 Å². The van der Waals surface area contributed by atoms with E-state index in [0.29, 0.717) is 0 Å². The van der Waals surface area contributed by atoms with Crippen molar-refractivity contribution in [2.24, 2.45) is 5.92 Å². The van der Waals surface area contributed by atoms with Crippen LogP contribution >= 0.6 is 0 Å². The molecule has 0 spiro atoms. The molecule has 8 atom stereocenters. The molecule has 27 heavy (non-hydrogen) atoms. The summed E-state index contributed by atoms with van der Waals surface area (Å²) in [6, 6.07) is 0. The van der Waals surface area contributed by atoms with Gasteiger partial charge in [-0.15, -0.1) is 0 Å². The maximum Gasteiger partial charge on any atom is 0.308 e. The Morgan fingerprint density at radius 3 is 2.37 bits per heavy atom. The predicted molar refractivity (Wildman–Crippen MR) is 86.0 cm³/mol. The quantitative estimate of drug-likeness (QED) is 0.240. The average Bonchev–Trinajstić information content (AvgIpc) is 2.89. The second-order valence-corrected chi connectivity index (χ2v) is 7.32. The summed E-state index contributed by atoms with van der Waals surface area (Å²) in [4.78, 5) is 11.8. The maximum atomic E-state index is 11.8. The lowest BCUT2D eigenvalue weighted by Gasteiger charge is -2.40. The number of aliphatic hydroxyl groups excluding tert-OH is 5. The summed E-state index contributed by atoms with van der Waals surface area (Å²) in [6.45, 7) is 2.09. The third-order valence-electron chi connectivity index (χ3n) is 4.50.